The summed E-state index contributed by atoms with van der Waals surface area (Å²) in [5, 5.41) is 2.72. The molecule has 16 heavy (non-hydrogen) atoms. The Morgan fingerprint density at radius 3 is 2.69 bits per heavy atom. The molecular formula is C11H18N2O3. The monoisotopic (exact) mass is 226 g/mol. The first kappa shape index (κ1) is 11.4. The molecule has 0 saturated carbocycles. The highest BCUT2D eigenvalue weighted by molar-refractivity contribution is 5.94. The zero-order chi connectivity index (χ0) is 11.5. The van der Waals surface area contributed by atoms with Gasteiger partial charge in [0.15, 0.2) is 0 Å². The van der Waals surface area contributed by atoms with Crippen molar-refractivity contribution in [2.24, 2.45) is 0 Å². The first-order valence-corrected chi connectivity index (χ1v) is 5.90. The largest absolute Gasteiger partial charge is 0.381 e. The number of amides is 2. The van der Waals surface area contributed by atoms with Crippen LogP contribution in [0.3, 0.4) is 0 Å². The molecule has 1 N–H and O–H groups in total. The molecule has 0 aromatic rings. The maximum absolute atomic E-state index is 12.1. The summed E-state index contributed by atoms with van der Waals surface area (Å²) in [7, 11) is 0. The first-order chi connectivity index (χ1) is 7.72. The Kier molecular flexibility index (Phi) is 3.43. The van der Waals surface area contributed by atoms with Crippen molar-refractivity contribution >= 4 is 11.8 Å². The van der Waals surface area contributed by atoms with E-state index in [1.54, 1.807) is 4.90 Å². The summed E-state index contributed by atoms with van der Waals surface area (Å²) in [6, 6.07) is -0.148. The van der Waals surface area contributed by atoms with Gasteiger partial charge in [-0.2, -0.15) is 0 Å². The van der Waals surface area contributed by atoms with Crippen LogP contribution in [0.25, 0.3) is 0 Å². The van der Waals surface area contributed by atoms with Crippen molar-refractivity contribution in [2.75, 3.05) is 19.8 Å². The summed E-state index contributed by atoms with van der Waals surface area (Å²) in [6.45, 7) is 3.50. The van der Waals surface area contributed by atoms with Crippen molar-refractivity contribution in [1.29, 1.82) is 0 Å². The minimum Gasteiger partial charge on any atom is -0.381 e. The van der Waals surface area contributed by atoms with Crippen LogP contribution in [0, 0.1) is 0 Å². The van der Waals surface area contributed by atoms with Crippen LogP contribution >= 0.6 is 0 Å². The average Bonchev–Trinajstić information content (AvgIpc) is 2.33. The number of rotatable bonds is 2. The summed E-state index contributed by atoms with van der Waals surface area (Å²) in [5.41, 5.74) is 0. The van der Waals surface area contributed by atoms with Gasteiger partial charge in [-0.3, -0.25) is 9.59 Å². The quantitative estimate of drug-likeness (QED) is 0.715. The Bertz CT molecular complexity index is 287. The van der Waals surface area contributed by atoms with Crippen LogP contribution in [-0.4, -0.2) is 48.6 Å². The number of piperazine rings is 1. The van der Waals surface area contributed by atoms with Crippen LogP contribution in [0.1, 0.15) is 26.2 Å². The zero-order valence-electron chi connectivity index (χ0n) is 9.57. The topological polar surface area (TPSA) is 58.6 Å². The number of nitrogens with one attached hydrogen (secondary N) is 1. The molecule has 2 aliphatic heterocycles. The Morgan fingerprint density at radius 1 is 1.38 bits per heavy atom. The van der Waals surface area contributed by atoms with E-state index in [9.17, 15) is 9.59 Å². The standard InChI is InChI=1S/C11H18N2O3/c1-2-9-11(15)13(7-10(14)12-9)8-3-5-16-6-4-8/h8-9H,2-7H2,1H3,(H,12,14). The molecule has 2 amide bonds. The van der Waals surface area contributed by atoms with E-state index >= 15 is 0 Å². The maximum Gasteiger partial charge on any atom is 0.245 e. The lowest BCUT2D eigenvalue weighted by molar-refractivity contribution is -0.148. The van der Waals surface area contributed by atoms with E-state index in [1.807, 2.05) is 6.92 Å². The molecule has 90 valence electrons. The fourth-order valence-electron chi connectivity index (χ4n) is 2.32. The van der Waals surface area contributed by atoms with Gasteiger partial charge in [0, 0.05) is 19.3 Å². The third kappa shape index (κ3) is 2.19. The average molecular weight is 226 g/mol. The van der Waals surface area contributed by atoms with Crippen molar-refractivity contribution in [3.63, 3.8) is 0 Å². The highest BCUT2D eigenvalue weighted by Gasteiger charge is 2.35. The van der Waals surface area contributed by atoms with E-state index in [4.69, 9.17) is 4.74 Å². The minimum absolute atomic E-state index is 0.0436. The van der Waals surface area contributed by atoms with Gasteiger partial charge >= 0.3 is 0 Å². The molecule has 2 fully saturated rings. The van der Waals surface area contributed by atoms with E-state index in [1.165, 1.54) is 0 Å². The molecule has 0 bridgehead atoms. The summed E-state index contributed by atoms with van der Waals surface area (Å²) >= 11 is 0. The highest BCUT2D eigenvalue weighted by Crippen LogP contribution is 2.18. The van der Waals surface area contributed by atoms with E-state index in [-0.39, 0.29) is 30.4 Å². The Balaban J connectivity index is 2.06. The summed E-state index contributed by atoms with van der Waals surface area (Å²) in [6.07, 6.45) is 2.34. The third-order valence-corrected chi connectivity index (χ3v) is 3.27. The molecule has 5 nitrogen and oxygen atoms in total. The molecule has 2 heterocycles. The Hall–Kier alpha value is -1.10. The normalized spacial score (nSPS) is 28.1. The van der Waals surface area contributed by atoms with Crippen molar-refractivity contribution < 1.29 is 14.3 Å². The van der Waals surface area contributed by atoms with Gasteiger partial charge in [0.25, 0.3) is 0 Å². The van der Waals surface area contributed by atoms with Gasteiger partial charge in [0.2, 0.25) is 11.8 Å². The van der Waals surface area contributed by atoms with Crippen LogP contribution in [0.4, 0.5) is 0 Å². The highest BCUT2D eigenvalue weighted by atomic mass is 16.5. The van der Waals surface area contributed by atoms with E-state index in [2.05, 4.69) is 5.32 Å². The molecule has 2 saturated heterocycles. The van der Waals surface area contributed by atoms with Crippen LogP contribution in [0.15, 0.2) is 0 Å². The fourth-order valence-corrected chi connectivity index (χ4v) is 2.32. The number of carbonyl (C=O) groups is 2. The Morgan fingerprint density at radius 2 is 2.06 bits per heavy atom. The van der Waals surface area contributed by atoms with Gasteiger partial charge in [0.1, 0.15) is 6.04 Å². The van der Waals surface area contributed by atoms with Crippen LogP contribution in [0.2, 0.25) is 0 Å². The lowest BCUT2D eigenvalue weighted by Gasteiger charge is -2.39. The van der Waals surface area contributed by atoms with Crippen LogP contribution < -0.4 is 5.32 Å². The second-order valence-electron chi connectivity index (χ2n) is 4.34. The maximum atomic E-state index is 12.1. The SMILES string of the molecule is CCC1NC(=O)CN(C2CCOCC2)C1=O. The van der Waals surface area contributed by atoms with Gasteiger partial charge in [0.05, 0.1) is 6.54 Å². The molecule has 0 radical (unpaired) electrons. The van der Waals surface area contributed by atoms with Crippen LogP contribution in [0.5, 0.6) is 0 Å². The number of carbonyl (C=O) groups excluding carboxylic acids is 2. The molecule has 0 spiro atoms. The predicted octanol–water partition coefficient (Wildman–Crippen LogP) is -0.0976. The van der Waals surface area contributed by atoms with Crippen molar-refractivity contribution in [1.82, 2.24) is 10.2 Å². The second-order valence-corrected chi connectivity index (χ2v) is 4.34. The smallest absolute Gasteiger partial charge is 0.245 e. The Labute approximate surface area is 95.1 Å². The molecular weight excluding hydrogens is 208 g/mol. The molecule has 5 heteroatoms. The van der Waals surface area contributed by atoms with Crippen molar-refractivity contribution in [3.05, 3.63) is 0 Å². The first-order valence-electron chi connectivity index (χ1n) is 5.90. The number of hydrogen-bond donors (Lipinski definition) is 1. The van der Waals surface area contributed by atoms with Crippen molar-refractivity contribution in [2.45, 2.75) is 38.3 Å². The minimum atomic E-state index is -0.330. The van der Waals surface area contributed by atoms with Crippen LogP contribution in [-0.2, 0) is 14.3 Å². The van der Waals surface area contributed by atoms with Gasteiger partial charge in [-0.15, -0.1) is 0 Å². The number of hydrogen-bond acceptors (Lipinski definition) is 3. The van der Waals surface area contributed by atoms with Gasteiger partial charge in [-0.1, -0.05) is 6.92 Å². The van der Waals surface area contributed by atoms with Gasteiger partial charge in [-0.05, 0) is 19.3 Å². The predicted molar refractivity (Wildman–Crippen MR) is 57.8 cm³/mol. The molecule has 0 aliphatic carbocycles. The lowest BCUT2D eigenvalue weighted by atomic mass is 10.0. The fraction of sp³-hybridized carbons (Fsp3) is 0.818. The molecule has 0 aromatic carbocycles. The third-order valence-electron chi connectivity index (χ3n) is 3.27. The van der Waals surface area contributed by atoms with E-state index < -0.39 is 0 Å². The van der Waals surface area contributed by atoms with Crippen molar-refractivity contribution in [3.8, 4) is 0 Å². The van der Waals surface area contributed by atoms with Gasteiger partial charge in [-0.25, -0.2) is 0 Å². The number of nitrogens with zero attached hydrogens (tertiary/aromatic N) is 1. The van der Waals surface area contributed by atoms with Gasteiger partial charge < -0.3 is 15.0 Å². The summed E-state index contributed by atoms with van der Waals surface area (Å²) < 4.78 is 5.27. The lowest BCUT2D eigenvalue weighted by Crippen LogP contribution is -2.61. The molecule has 0 aromatic heterocycles. The molecule has 2 aliphatic rings. The zero-order valence-corrected chi connectivity index (χ0v) is 9.57. The molecule has 1 unspecified atom stereocenters. The summed E-state index contributed by atoms with van der Waals surface area (Å²) in [5.74, 6) is 0.0203. The van der Waals surface area contributed by atoms with E-state index in [0.29, 0.717) is 19.6 Å². The molecule has 1 atom stereocenters. The molecule has 2 rings (SSSR count). The van der Waals surface area contributed by atoms with E-state index in [0.717, 1.165) is 12.8 Å². The second kappa shape index (κ2) is 4.82. The summed E-state index contributed by atoms with van der Waals surface area (Å²) in [4.78, 5) is 25.3. The number of ether oxygens (including phenoxy) is 1.